The molecule has 1 saturated heterocycles. The van der Waals surface area contributed by atoms with Gasteiger partial charge in [0.2, 0.25) is 5.91 Å². The van der Waals surface area contributed by atoms with Crippen LogP contribution in [0.25, 0.3) is 0 Å². The third-order valence-corrected chi connectivity index (χ3v) is 4.64. The molecule has 2 fully saturated rings. The van der Waals surface area contributed by atoms with Crippen LogP contribution in [0.3, 0.4) is 0 Å². The largest absolute Gasteiger partial charge is 0.465 e. The van der Waals surface area contributed by atoms with E-state index in [4.69, 9.17) is 4.74 Å². The first kappa shape index (κ1) is 13.6. The van der Waals surface area contributed by atoms with Crippen molar-refractivity contribution in [2.24, 2.45) is 0 Å². The van der Waals surface area contributed by atoms with Crippen LogP contribution in [0.2, 0.25) is 0 Å². The van der Waals surface area contributed by atoms with Crippen molar-refractivity contribution in [1.82, 2.24) is 5.32 Å². The molecule has 108 valence electrons. The molecule has 0 bridgehead atoms. The van der Waals surface area contributed by atoms with Gasteiger partial charge in [-0.25, -0.2) is 4.79 Å². The Morgan fingerprint density at radius 1 is 1.45 bits per heavy atom. The van der Waals surface area contributed by atoms with E-state index >= 15 is 0 Å². The maximum atomic E-state index is 12.6. The molecule has 1 amide bonds. The zero-order valence-corrected chi connectivity index (χ0v) is 12.2. The molecule has 1 atom stereocenters. The lowest BCUT2D eigenvalue weighted by Gasteiger charge is -2.32. The zero-order chi connectivity index (χ0) is 14.1. The maximum Gasteiger partial charge on any atom is 0.350 e. The van der Waals surface area contributed by atoms with E-state index in [-0.39, 0.29) is 17.9 Å². The molecule has 5 nitrogen and oxygen atoms in total. The number of rotatable bonds is 4. The Labute approximate surface area is 121 Å². The highest BCUT2D eigenvalue weighted by Crippen LogP contribution is 2.31. The van der Waals surface area contributed by atoms with Gasteiger partial charge < -0.3 is 15.0 Å². The zero-order valence-electron chi connectivity index (χ0n) is 11.4. The number of esters is 1. The van der Waals surface area contributed by atoms with Crippen molar-refractivity contribution in [3.8, 4) is 0 Å². The number of nitrogens with zero attached hydrogens (tertiary/aromatic N) is 1. The number of nitrogens with one attached hydrogen (secondary N) is 1. The van der Waals surface area contributed by atoms with Gasteiger partial charge in [-0.15, -0.1) is 11.3 Å². The smallest absolute Gasteiger partial charge is 0.350 e. The van der Waals surface area contributed by atoms with E-state index in [2.05, 4.69) is 5.32 Å². The SMILES string of the molecule is COC(=O)c1sccc1N1CCCC(NC2CC2)C1=O. The van der Waals surface area contributed by atoms with Crippen molar-refractivity contribution in [1.29, 1.82) is 0 Å². The predicted molar refractivity (Wildman–Crippen MR) is 77.2 cm³/mol. The van der Waals surface area contributed by atoms with Crippen LogP contribution in [0.1, 0.15) is 35.4 Å². The lowest BCUT2D eigenvalue weighted by molar-refractivity contribution is -0.121. The molecule has 0 aromatic carbocycles. The predicted octanol–water partition coefficient (Wildman–Crippen LogP) is 1.78. The second-order valence-corrected chi connectivity index (χ2v) is 6.17. The summed E-state index contributed by atoms with van der Waals surface area (Å²) in [6, 6.07) is 2.22. The number of ether oxygens (including phenoxy) is 1. The highest BCUT2D eigenvalue weighted by atomic mass is 32.1. The number of piperidine rings is 1. The Balaban J connectivity index is 1.80. The Hall–Kier alpha value is -1.40. The van der Waals surface area contributed by atoms with E-state index in [1.807, 2.05) is 11.4 Å². The molecule has 1 aliphatic carbocycles. The quantitative estimate of drug-likeness (QED) is 0.860. The van der Waals surface area contributed by atoms with E-state index in [0.29, 0.717) is 23.2 Å². The minimum Gasteiger partial charge on any atom is -0.465 e. The highest BCUT2D eigenvalue weighted by Gasteiger charge is 2.35. The molecule has 1 aromatic rings. The van der Waals surface area contributed by atoms with Crippen LogP contribution in [0, 0.1) is 0 Å². The number of thiophene rings is 1. The second-order valence-electron chi connectivity index (χ2n) is 5.25. The summed E-state index contributed by atoms with van der Waals surface area (Å²) in [6.07, 6.45) is 4.15. The van der Waals surface area contributed by atoms with Crippen LogP contribution in [0.4, 0.5) is 5.69 Å². The molecule has 1 N–H and O–H groups in total. The van der Waals surface area contributed by atoms with Crippen molar-refractivity contribution in [2.75, 3.05) is 18.6 Å². The molecular weight excluding hydrogens is 276 g/mol. The van der Waals surface area contributed by atoms with Crippen LogP contribution < -0.4 is 10.2 Å². The number of carbonyl (C=O) groups is 2. The summed E-state index contributed by atoms with van der Waals surface area (Å²) in [5.41, 5.74) is 0.689. The summed E-state index contributed by atoms with van der Waals surface area (Å²) in [4.78, 5) is 26.6. The molecule has 2 heterocycles. The number of hydrogen-bond acceptors (Lipinski definition) is 5. The molecule has 1 saturated carbocycles. The van der Waals surface area contributed by atoms with Gasteiger partial charge in [0.1, 0.15) is 4.88 Å². The summed E-state index contributed by atoms with van der Waals surface area (Å²) >= 11 is 1.32. The van der Waals surface area contributed by atoms with Gasteiger partial charge in [0, 0.05) is 12.6 Å². The second kappa shape index (κ2) is 5.54. The van der Waals surface area contributed by atoms with Crippen molar-refractivity contribution < 1.29 is 14.3 Å². The average molecular weight is 294 g/mol. The van der Waals surface area contributed by atoms with Gasteiger partial charge in [-0.05, 0) is 37.1 Å². The van der Waals surface area contributed by atoms with Gasteiger partial charge in [0.15, 0.2) is 0 Å². The molecule has 2 aliphatic rings. The average Bonchev–Trinajstić information content (AvgIpc) is 3.14. The Morgan fingerprint density at radius 3 is 2.95 bits per heavy atom. The van der Waals surface area contributed by atoms with Gasteiger partial charge in [0.25, 0.3) is 0 Å². The van der Waals surface area contributed by atoms with Crippen LogP contribution in [0.15, 0.2) is 11.4 Å². The lowest BCUT2D eigenvalue weighted by Crippen LogP contribution is -2.51. The lowest BCUT2D eigenvalue weighted by atomic mass is 10.0. The van der Waals surface area contributed by atoms with Crippen LogP contribution in [-0.2, 0) is 9.53 Å². The maximum absolute atomic E-state index is 12.6. The summed E-state index contributed by atoms with van der Waals surface area (Å²) in [5, 5.41) is 5.22. The molecule has 0 radical (unpaired) electrons. The van der Waals surface area contributed by atoms with E-state index < -0.39 is 0 Å². The van der Waals surface area contributed by atoms with E-state index in [1.54, 1.807) is 4.90 Å². The first-order valence-corrected chi connectivity index (χ1v) is 7.82. The molecule has 1 aliphatic heterocycles. The summed E-state index contributed by atoms with van der Waals surface area (Å²) in [6.45, 7) is 0.669. The molecule has 6 heteroatoms. The van der Waals surface area contributed by atoms with E-state index in [9.17, 15) is 9.59 Å². The molecule has 0 spiro atoms. The molecule has 1 unspecified atom stereocenters. The fraction of sp³-hybridized carbons (Fsp3) is 0.571. The summed E-state index contributed by atoms with van der Waals surface area (Å²) in [7, 11) is 1.36. The Morgan fingerprint density at radius 2 is 2.25 bits per heavy atom. The van der Waals surface area contributed by atoms with Crippen molar-refractivity contribution >= 4 is 28.9 Å². The normalized spacial score (nSPS) is 22.9. The number of amides is 1. The highest BCUT2D eigenvalue weighted by molar-refractivity contribution is 7.12. The van der Waals surface area contributed by atoms with Crippen molar-refractivity contribution in [3.05, 3.63) is 16.3 Å². The first-order valence-electron chi connectivity index (χ1n) is 6.94. The standard InChI is InChI=1S/C14H18N2O3S/c1-19-14(18)12-11(6-8-20-12)16-7-2-3-10(13(16)17)15-9-4-5-9/h6,8-10,15H,2-5,7H2,1H3. The van der Waals surface area contributed by atoms with Gasteiger partial charge in [-0.3, -0.25) is 4.79 Å². The van der Waals surface area contributed by atoms with Gasteiger partial charge in [0.05, 0.1) is 18.8 Å². The third-order valence-electron chi connectivity index (χ3n) is 3.76. The minimum atomic E-state index is -0.375. The third kappa shape index (κ3) is 2.58. The molecule has 20 heavy (non-hydrogen) atoms. The fourth-order valence-corrected chi connectivity index (χ4v) is 3.38. The molecule has 1 aromatic heterocycles. The van der Waals surface area contributed by atoms with Crippen LogP contribution in [-0.4, -0.2) is 37.6 Å². The fourth-order valence-electron chi connectivity index (χ4n) is 2.56. The topological polar surface area (TPSA) is 58.6 Å². The Bertz CT molecular complexity index is 524. The van der Waals surface area contributed by atoms with Gasteiger partial charge >= 0.3 is 5.97 Å². The summed E-state index contributed by atoms with van der Waals surface area (Å²) in [5.74, 6) is -0.299. The van der Waals surface area contributed by atoms with Crippen LogP contribution >= 0.6 is 11.3 Å². The number of methoxy groups -OCH3 is 1. The number of anilines is 1. The monoisotopic (exact) mass is 294 g/mol. The van der Waals surface area contributed by atoms with E-state index in [0.717, 1.165) is 25.7 Å². The number of hydrogen-bond donors (Lipinski definition) is 1. The Kier molecular flexibility index (Phi) is 3.76. The minimum absolute atomic E-state index is 0.0757. The first-order chi connectivity index (χ1) is 9.70. The van der Waals surface area contributed by atoms with Crippen LogP contribution in [0.5, 0.6) is 0 Å². The molecule has 3 rings (SSSR count). The summed E-state index contributed by atoms with van der Waals surface area (Å²) < 4.78 is 4.78. The van der Waals surface area contributed by atoms with Crippen molar-refractivity contribution in [3.63, 3.8) is 0 Å². The van der Waals surface area contributed by atoms with E-state index in [1.165, 1.54) is 18.4 Å². The van der Waals surface area contributed by atoms with Gasteiger partial charge in [-0.1, -0.05) is 0 Å². The molecular formula is C14H18N2O3S. The van der Waals surface area contributed by atoms with Crippen molar-refractivity contribution in [2.45, 2.75) is 37.8 Å². The van der Waals surface area contributed by atoms with Gasteiger partial charge in [-0.2, -0.15) is 0 Å². The number of carbonyl (C=O) groups excluding carboxylic acids is 2.